The molecule has 1 aliphatic carbocycles. The number of carbonyl (C=O) groups is 2. The monoisotopic (exact) mass is 580 g/mol. The zero-order valence-electron chi connectivity index (χ0n) is 21.9. The zero-order valence-corrected chi connectivity index (χ0v) is 22.8. The molecule has 2 heterocycles. The van der Waals surface area contributed by atoms with Gasteiger partial charge in [0, 0.05) is 12.3 Å². The summed E-state index contributed by atoms with van der Waals surface area (Å²) >= 11 is 0. The third-order valence-electron chi connectivity index (χ3n) is 6.34. The molecule has 0 radical (unpaired) electrons. The number of aliphatic hydroxyl groups is 2. The highest BCUT2D eigenvalue weighted by Crippen LogP contribution is 2.56. The summed E-state index contributed by atoms with van der Waals surface area (Å²) in [6, 6.07) is -1.55. The summed E-state index contributed by atoms with van der Waals surface area (Å²) in [4.78, 5) is 50.1. The fourth-order valence-corrected chi connectivity index (χ4v) is 6.05. The van der Waals surface area contributed by atoms with E-state index < -0.39 is 79.3 Å². The van der Waals surface area contributed by atoms with Crippen LogP contribution >= 0.6 is 7.67 Å². The van der Waals surface area contributed by atoms with E-state index in [1.54, 1.807) is 13.8 Å². The first-order chi connectivity index (χ1) is 18.2. The number of esters is 2. The number of aromatic nitrogens is 2. The van der Waals surface area contributed by atoms with Crippen molar-refractivity contribution in [3.8, 4) is 0 Å². The fraction of sp³-hybridized carbons (Fsp3) is 0.727. The van der Waals surface area contributed by atoms with Crippen molar-refractivity contribution in [1.82, 2.24) is 19.7 Å². The summed E-state index contributed by atoms with van der Waals surface area (Å²) in [5, 5.41) is 27.0. The topological polar surface area (TPSA) is 208 Å². The lowest BCUT2D eigenvalue weighted by molar-refractivity contribution is -0.203. The molecule has 1 aromatic heterocycles. The average Bonchev–Trinajstić information content (AvgIpc) is 3.69. The van der Waals surface area contributed by atoms with E-state index in [2.05, 4.69) is 10.2 Å². The number of rotatable bonds is 13. The van der Waals surface area contributed by atoms with Gasteiger partial charge in [0.1, 0.15) is 30.4 Å². The minimum absolute atomic E-state index is 0.0154. The number of aromatic amines is 1. The molecule has 5 N–H and O–H groups in total. The molecule has 0 bridgehead atoms. The molecule has 0 amide bonds. The molecular weight excluding hydrogens is 546 g/mol. The summed E-state index contributed by atoms with van der Waals surface area (Å²) in [5.74, 6) is -5.53. The fourth-order valence-electron chi connectivity index (χ4n) is 4.24. The first kappa shape index (κ1) is 31.1. The molecule has 1 aromatic rings. The largest absolute Gasteiger partial charge is 0.465 e. The lowest BCUT2D eigenvalue weighted by Gasteiger charge is -2.32. The van der Waals surface area contributed by atoms with E-state index in [0.29, 0.717) is 12.8 Å². The number of halogens is 1. The molecule has 1 saturated carbocycles. The molecular formula is C22H34FN4O11P. The Kier molecular flexibility index (Phi) is 9.53. The first-order valence-electron chi connectivity index (χ1n) is 12.4. The van der Waals surface area contributed by atoms with E-state index in [1.165, 1.54) is 13.8 Å². The molecule has 6 unspecified atom stereocenters. The molecule has 0 spiro atoms. The molecule has 0 aromatic carbocycles. The van der Waals surface area contributed by atoms with E-state index in [0.717, 1.165) is 16.8 Å². The molecule has 1 saturated heterocycles. The summed E-state index contributed by atoms with van der Waals surface area (Å²) in [6.07, 6.45) is -2.32. The highest BCUT2D eigenvalue weighted by atomic mass is 31.2. The van der Waals surface area contributed by atoms with Gasteiger partial charge in [-0.2, -0.15) is 0 Å². The van der Waals surface area contributed by atoms with Crippen LogP contribution in [0.15, 0.2) is 21.9 Å². The van der Waals surface area contributed by atoms with Crippen LogP contribution in [0.5, 0.6) is 0 Å². The van der Waals surface area contributed by atoms with Crippen LogP contribution in [-0.4, -0.2) is 81.2 Å². The zero-order chi connectivity index (χ0) is 29.2. The van der Waals surface area contributed by atoms with Gasteiger partial charge in [-0.25, -0.2) is 19.4 Å². The SMILES string of the molecule is CCOC(=O)C(C)NP(=O)(NC(C)C(=O)OCC)OCC1(F)OC(n2ccc(=O)[nH]c2=O)C(O)(C2CC2)C1O. The number of ether oxygens (including phenoxy) is 3. The van der Waals surface area contributed by atoms with Gasteiger partial charge in [0.2, 0.25) is 0 Å². The van der Waals surface area contributed by atoms with Crippen molar-refractivity contribution in [2.75, 3.05) is 19.8 Å². The van der Waals surface area contributed by atoms with E-state index in [9.17, 15) is 34.0 Å². The van der Waals surface area contributed by atoms with Gasteiger partial charge in [-0.15, -0.1) is 0 Å². The Labute approximate surface area is 222 Å². The van der Waals surface area contributed by atoms with Crippen LogP contribution in [0, 0.1) is 5.92 Å². The van der Waals surface area contributed by atoms with Crippen LogP contribution < -0.4 is 21.4 Å². The van der Waals surface area contributed by atoms with Gasteiger partial charge in [0.25, 0.3) is 11.4 Å². The van der Waals surface area contributed by atoms with Crippen molar-refractivity contribution in [3.63, 3.8) is 0 Å². The number of alkyl halides is 1. The van der Waals surface area contributed by atoms with E-state index >= 15 is 4.39 Å². The Balaban J connectivity index is 1.89. The second kappa shape index (κ2) is 12.0. The highest BCUT2D eigenvalue weighted by molar-refractivity contribution is 7.54. The Bertz CT molecular complexity index is 1190. The van der Waals surface area contributed by atoms with Crippen molar-refractivity contribution in [3.05, 3.63) is 33.1 Å². The van der Waals surface area contributed by atoms with Crippen molar-refractivity contribution in [2.45, 2.75) is 76.4 Å². The number of aliphatic hydroxyl groups excluding tert-OH is 1. The summed E-state index contributed by atoms with van der Waals surface area (Å²) < 4.78 is 51.0. The second-order valence-corrected chi connectivity index (χ2v) is 11.2. The minimum atomic E-state index is -4.50. The third-order valence-corrected chi connectivity index (χ3v) is 8.28. The maximum Gasteiger partial charge on any atom is 0.342 e. The van der Waals surface area contributed by atoms with Crippen molar-refractivity contribution >= 4 is 19.6 Å². The predicted octanol–water partition coefficient (Wildman–Crippen LogP) is -0.560. The maximum atomic E-state index is 16.2. The van der Waals surface area contributed by atoms with E-state index in [4.69, 9.17) is 18.7 Å². The third kappa shape index (κ3) is 6.65. The van der Waals surface area contributed by atoms with Crippen LogP contribution in [0.1, 0.15) is 46.8 Å². The number of nitrogens with one attached hydrogen (secondary N) is 3. The summed E-state index contributed by atoms with van der Waals surface area (Å²) in [7, 11) is -4.50. The van der Waals surface area contributed by atoms with Gasteiger partial charge in [-0.3, -0.25) is 33.0 Å². The molecule has 220 valence electrons. The number of H-pyrrole nitrogens is 1. The van der Waals surface area contributed by atoms with Gasteiger partial charge >= 0.3 is 25.3 Å². The Morgan fingerprint density at radius 1 is 1.21 bits per heavy atom. The molecule has 2 fully saturated rings. The Morgan fingerprint density at radius 3 is 2.21 bits per heavy atom. The van der Waals surface area contributed by atoms with Gasteiger partial charge in [0.05, 0.1) is 13.2 Å². The van der Waals surface area contributed by atoms with Gasteiger partial charge in [-0.05, 0) is 46.5 Å². The van der Waals surface area contributed by atoms with E-state index in [1.807, 2.05) is 4.98 Å². The molecule has 39 heavy (non-hydrogen) atoms. The lowest BCUT2D eigenvalue weighted by Crippen LogP contribution is -2.53. The summed E-state index contributed by atoms with van der Waals surface area (Å²) in [5.41, 5.74) is -4.09. The molecule has 3 rings (SSSR count). The lowest BCUT2D eigenvalue weighted by atomic mass is 9.88. The average molecular weight is 581 g/mol. The second-order valence-electron chi connectivity index (χ2n) is 9.37. The first-order valence-corrected chi connectivity index (χ1v) is 14.0. The van der Waals surface area contributed by atoms with Crippen LogP contribution in [-0.2, 0) is 32.9 Å². The molecule has 6 atom stereocenters. The van der Waals surface area contributed by atoms with Crippen molar-refractivity contribution < 1.29 is 47.5 Å². The van der Waals surface area contributed by atoms with Crippen LogP contribution in [0.3, 0.4) is 0 Å². The molecule has 2 aliphatic rings. The molecule has 15 nitrogen and oxygen atoms in total. The van der Waals surface area contributed by atoms with Crippen LogP contribution in [0.2, 0.25) is 0 Å². The standard InChI is InChI=1S/C22H34FN4O11P/c1-5-35-16(29)12(3)25-39(34,26-13(4)17(30)36-6-2)37-11-21(23)18(31)22(33,14-7-8-14)19(38-21)27-10-9-15(28)24-20(27)32/h9-10,12-14,18-19,31,33H,5-8,11H2,1-4H3,(H,24,28,32)(H2,25,26,34). The Hall–Kier alpha value is -2.46. The maximum absolute atomic E-state index is 16.2. The number of nitrogens with zero attached hydrogens (tertiary/aromatic N) is 1. The molecule has 17 heteroatoms. The van der Waals surface area contributed by atoms with Gasteiger partial charge in [-0.1, -0.05) is 0 Å². The van der Waals surface area contributed by atoms with Gasteiger partial charge < -0.3 is 24.4 Å². The van der Waals surface area contributed by atoms with Crippen LogP contribution in [0.25, 0.3) is 0 Å². The van der Waals surface area contributed by atoms with E-state index in [-0.39, 0.29) is 13.2 Å². The highest BCUT2D eigenvalue weighted by Gasteiger charge is 2.70. The van der Waals surface area contributed by atoms with Crippen molar-refractivity contribution in [1.29, 1.82) is 0 Å². The summed E-state index contributed by atoms with van der Waals surface area (Å²) in [6.45, 7) is 4.45. The van der Waals surface area contributed by atoms with Gasteiger partial charge in [0.15, 0.2) is 6.23 Å². The quantitative estimate of drug-likeness (QED) is 0.147. The Morgan fingerprint density at radius 2 is 1.74 bits per heavy atom. The van der Waals surface area contributed by atoms with Crippen molar-refractivity contribution in [2.24, 2.45) is 5.92 Å². The predicted molar refractivity (Wildman–Crippen MR) is 131 cm³/mol. The van der Waals surface area contributed by atoms with Crippen LogP contribution in [0.4, 0.5) is 4.39 Å². The smallest absolute Gasteiger partial charge is 0.342 e. The number of hydrogen-bond donors (Lipinski definition) is 5. The number of hydrogen-bond acceptors (Lipinski definition) is 11. The minimum Gasteiger partial charge on any atom is -0.465 e. The molecule has 1 aliphatic heterocycles. The number of carbonyl (C=O) groups excluding carboxylic acids is 2. The normalized spacial score (nSPS) is 29.8.